The highest BCUT2D eigenvalue weighted by Gasteiger charge is 2.10. The van der Waals surface area contributed by atoms with Gasteiger partial charge in [-0.2, -0.15) is 5.26 Å². The molecule has 0 aliphatic carbocycles. The highest BCUT2D eigenvalue weighted by molar-refractivity contribution is 5.49. The molecule has 0 atom stereocenters. The molecule has 0 fully saturated rings. The zero-order chi connectivity index (χ0) is 11.3. The highest BCUT2D eigenvalue weighted by Crippen LogP contribution is 2.18. The Morgan fingerprint density at radius 2 is 1.73 bits per heavy atom. The van der Waals surface area contributed by atoms with Crippen molar-refractivity contribution in [3.63, 3.8) is 0 Å². The molecule has 15 heavy (non-hydrogen) atoms. The topological polar surface area (TPSA) is 27.0 Å². The lowest BCUT2D eigenvalue weighted by atomic mass is 10.1. The van der Waals surface area contributed by atoms with E-state index < -0.39 is 0 Å². The van der Waals surface area contributed by atoms with E-state index in [1.807, 2.05) is 24.3 Å². The van der Waals surface area contributed by atoms with Gasteiger partial charge in [0.05, 0.1) is 11.6 Å². The molecule has 0 unspecified atom stereocenters. The van der Waals surface area contributed by atoms with Crippen LogP contribution in [0.15, 0.2) is 24.3 Å². The fraction of sp³-hybridized carbons (Fsp3) is 0.462. The van der Waals surface area contributed by atoms with Crippen LogP contribution in [0.2, 0.25) is 0 Å². The summed E-state index contributed by atoms with van der Waals surface area (Å²) in [6.07, 6.45) is 2.29. The number of nitriles is 1. The van der Waals surface area contributed by atoms with Crippen molar-refractivity contribution < 1.29 is 0 Å². The van der Waals surface area contributed by atoms with Gasteiger partial charge < -0.3 is 4.90 Å². The second-order valence-electron chi connectivity index (χ2n) is 3.74. The Balaban J connectivity index is 2.82. The lowest BCUT2D eigenvalue weighted by molar-refractivity contribution is 0.591. The Kier molecular flexibility index (Phi) is 4.17. The van der Waals surface area contributed by atoms with E-state index in [4.69, 9.17) is 5.26 Å². The van der Waals surface area contributed by atoms with Crippen molar-refractivity contribution in [1.29, 1.82) is 5.26 Å². The Bertz CT molecular complexity index is 331. The number of anilines is 1. The van der Waals surface area contributed by atoms with Gasteiger partial charge in [0.2, 0.25) is 0 Å². The van der Waals surface area contributed by atoms with Gasteiger partial charge in [0.1, 0.15) is 0 Å². The molecule has 0 aliphatic heterocycles. The summed E-state index contributed by atoms with van der Waals surface area (Å²) in [4.78, 5) is 2.28. The molecule has 0 saturated heterocycles. The summed E-state index contributed by atoms with van der Waals surface area (Å²) < 4.78 is 0. The van der Waals surface area contributed by atoms with Gasteiger partial charge in [0.15, 0.2) is 0 Å². The zero-order valence-corrected chi connectivity index (χ0v) is 9.70. The van der Waals surface area contributed by atoms with Gasteiger partial charge in [-0.15, -0.1) is 0 Å². The van der Waals surface area contributed by atoms with E-state index in [1.165, 1.54) is 5.69 Å². The largest absolute Gasteiger partial charge is 0.372 e. The predicted molar refractivity (Wildman–Crippen MR) is 63.9 cm³/mol. The van der Waals surface area contributed by atoms with Crippen LogP contribution in [0.4, 0.5) is 5.69 Å². The maximum atomic E-state index is 8.71. The standard InChI is InChI=1S/C13H18N2/c1-4-12(5-2)15(3)13-8-6-11(10-14)7-9-13/h6-9,12H,4-5H2,1-3H3. The van der Waals surface area contributed by atoms with Crippen LogP contribution in [-0.2, 0) is 0 Å². The molecule has 0 bridgehead atoms. The van der Waals surface area contributed by atoms with E-state index in [-0.39, 0.29) is 0 Å². The molecule has 0 heterocycles. The molecular formula is C13H18N2. The van der Waals surface area contributed by atoms with Gasteiger partial charge in [-0.25, -0.2) is 0 Å². The normalized spacial score (nSPS) is 10.1. The summed E-state index contributed by atoms with van der Waals surface area (Å²) in [5.74, 6) is 0. The summed E-state index contributed by atoms with van der Waals surface area (Å²) in [5, 5.41) is 8.71. The third-order valence-corrected chi connectivity index (χ3v) is 2.89. The lowest BCUT2D eigenvalue weighted by Gasteiger charge is -2.28. The quantitative estimate of drug-likeness (QED) is 0.749. The first-order chi connectivity index (χ1) is 7.22. The van der Waals surface area contributed by atoms with Crippen LogP contribution in [0.5, 0.6) is 0 Å². The second-order valence-corrected chi connectivity index (χ2v) is 3.74. The molecule has 1 rings (SSSR count). The third kappa shape index (κ3) is 2.73. The van der Waals surface area contributed by atoms with Crippen LogP contribution in [-0.4, -0.2) is 13.1 Å². The van der Waals surface area contributed by atoms with Crippen LogP contribution in [0.25, 0.3) is 0 Å². The molecule has 0 radical (unpaired) electrons. The Hall–Kier alpha value is -1.49. The second kappa shape index (κ2) is 5.41. The number of benzene rings is 1. The average molecular weight is 202 g/mol. The molecule has 0 spiro atoms. The van der Waals surface area contributed by atoms with Gasteiger partial charge in [-0.3, -0.25) is 0 Å². The first-order valence-electron chi connectivity index (χ1n) is 5.45. The molecular weight excluding hydrogens is 184 g/mol. The van der Waals surface area contributed by atoms with Crippen molar-refractivity contribution in [1.82, 2.24) is 0 Å². The van der Waals surface area contributed by atoms with Gasteiger partial charge in [-0.1, -0.05) is 13.8 Å². The van der Waals surface area contributed by atoms with Crippen LogP contribution >= 0.6 is 0 Å². The van der Waals surface area contributed by atoms with Crippen LogP contribution in [0.1, 0.15) is 32.3 Å². The van der Waals surface area contributed by atoms with E-state index in [9.17, 15) is 0 Å². The fourth-order valence-electron chi connectivity index (χ4n) is 1.82. The monoisotopic (exact) mass is 202 g/mol. The van der Waals surface area contributed by atoms with Crippen molar-refractivity contribution in [3.05, 3.63) is 29.8 Å². The van der Waals surface area contributed by atoms with Gasteiger partial charge in [0.25, 0.3) is 0 Å². The number of hydrogen-bond acceptors (Lipinski definition) is 2. The summed E-state index contributed by atoms with van der Waals surface area (Å²) >= 11 is 0. The van der Waals surface area contributed by atoms with Crippen molar-refractivity contribution in [2.24, 2.45) is 0 Å². The smallest absolute Gasteiger partial charge is 0.0991 e. The summed E-state index contributed by atoms with van der Waals surface area (Å²) in [7, 11) is 2.11. The number of hydrogen-bond donors (Lipinski definition) is 0. The highest BCUT2D eigenvalue weighted by atomic mass is 15.1. The molecule has 0 saturated carbocycles. The molecule has 1 aromatic rings. The first-order valence-corrected chi connectivity index (χ1v) is 5.45. The van der Waals surface area contributed by atoms with E-state index in [0.29, 0.717) is 6.04 Å². The predicted octanol–water partition coefficient (Wildman–Crippen LogP) is 3.18. The Morgan fingerprint density at radius 1 is 1.20 bits per heavy atom. The maximum Gasteiger partial charge on any atom is 0.0991 e. The van der Waals surface area contributed by atoms with Crippen LogP contribution in [0, 0.1) is 11.3 Å². The SMILES string of the molecule is CCC(CC)N(C)c1ccc(C#N)cc1. The van der Waals surface area contributed by atoms with Crippen LogP contribution in [0.3, 0.4) is 0 Å². The molecule has 2 nitrogen and oxygen atoms in total. The number of nitrogens with zero attached hydrogens (tertiary/aromatic N) is 2. The van der Waals surface area contributed by atoms with E-state index in [2.05, 4.69) is 31.9 Å². The minimum Gasteiger partial charge on any atom is -0.372 e. The van der Waals surface area contributed by atoms with E-state index in [1.54, 1.807) is 0 Å². The number of rotatable bonds is 4. The average Bonchev–Trinajstić information content (AvgIpc) is 2.30. The fourth-order valence-corrected chi connectivity index (χ4v) is 1.82. The zero-order valence-electron chi connectivity index (χ0n) is 9.70. The van der Waals surface area contributed by atoms with Crippen molar-refractivity contribution in [2.75, 3.05) is 11.9 Å². The third-order valence-electron chi connectivity index (χ3n) is 2.89. The molecule has 0 aliphatic rings. The molecule has 0 N–H and O–H groups in total. The molecule has 0 aromatic heterocycles. The van der Waals surface area contributed by atoms with E-state index in [0.717, 1.165) is 18.4 Å². The minimum absolute atomic E-state index is 0.581. The molecule has 1 aromatic carbocycles. The van der Waals surface area contributed by atoms with E-state index >= 15 is 0 Å². The Labute approximate surface area is 92.1 Å². The molecule has 2 heteroatoms. The van der Waals surface area contributed by atoms with Crippen molar-refractivity contribution >= 4 is 5.69 Å². The molecule has 80 valence electrons. The maximum absolute atomic E-state index is 8.71. The molecule has 0 amide bonds. The first kappa shape index (κ1) is 11.6. The van der Waals surface area contributed by atoms with Gasteiger partial charge in [-0.05, 0) is 37.1 Å². The summed E-state index contributed by atoms with van der Waals surface area (Å²) in [5.41, 5.74) is 1.90. The minimum atomic E-state index is 0.581. The van der Waals surface area contributed by atoms with Gasteiger partial charge in [0, 0.05) is 18.8 Å². The van der Waals surface area contributed by atoms with Gasteiger partial charge >= 0.3 is 0 Å². The lowest BCUT2D eigenvalue weighted by Crippen LogP contribution is -2.30. The van der Waals surface area contributed by atoms with Crippen molar-refractivity contribution in [3.8, 4) is 6.07 Å². The Morgan fingerprint density at radius 3 is 2.13 bits per heavy atom. The van der Waals surface area contributed by atoms with Crippen molar-refractivity contribution in [2.45, 2.75) is 32.7 Å². The summed E-state index contributed by atoms with van der Waals surface area (Å²) in [6, 6.07) is 10.5. The summed E-state index contributed by atoms with van der Waals surface area (Å²) in [6.45, 7) is 4.41. The van der Waals surface area contributed by atoms with Crippen LogP contribution < -0.4 is 4.90 Å².